The molecule has 0 spiro atoms. The molecular formula is C23H25F4NO6S. The van der Waals surface area contributed by atoms with Gasteiger partial charge in [0.1, 0.15) is 23.9 Å². The SMILES string of the molecule is CCCCS(=O)(=O)ON=C(CF)c1ccc(OCCCOc2ccc(C(=O)C(F)(F)F)cc2)cc1. The molecule has 0 aliphatic carbocycles. The second-order valence-corrected chi connectivity index (χ2v) is 8.96. The standard InChI is InChI=1S/C23H25F4NO6S/c1-2-3-15-35(30,31)34-28-21(16-24)17-5-9-19(10-6-17)32-13-4-14-33-20-11-7-18(8-12-20)22(29)23(25,26)27/h5-12H,2-4,13-16H2,1H3. The van der Waals surface area contributed by atoms with E-state index < -0.39 is 34.3 Å². The van der Waals surface area contributed by atoms with Gasteiger partial charge in [0.25, 0.3) is 5.78 Å². The molecule has 0 fully saturated rings. The van der Waals surface area contributed by atoms with Crippen molar-refractivity contribution in [3.05, 3.63) is 59.7 Å². The van der Waals surface area contributed by atoms with Gasteiger partial charge in [0.15, 0.2) is 0 Å². The first-order valence-electron chi connectivity index (χ1n) is 10.7. The number of rotatable bonds is 14. The molecule has 0 N–H and O–H groups in total. The molecule has 2 aromatic carbocycles. The minimum Gasteiger partial charge on any atom is -0.493 e. The molecule has 7 nitrogen and oxygen atoms in total. The summed E-state index contributed by atoms with van der Waals surface area (Å²) in [5, 5.41) is 3.43. The number of Topliss-reactive ketones (excluding diaryl/α,β-unsaturated/α-hetero) is 1. The second kappa shape index (κ2) is 13.1. The Balaban J connectivity index is 1.79. The van der Waals surface area contributed by atoms with Crippen molar-refractivity contribution in [3.8, 4) is 11.5 Å². The summed E-state index contributed by atoms with van der Waals surface area (Å²) in [6.45, 7) is 1.28. The Morgan fingerprint density at radius 2 is 1.40 bits per heavy atom. The van der Waals surface area contributed by atoms with Crippen molar-refractivity contribution in [2.24, 2.45) is 5.16 Å². The first kappa shape index (κ1) is 28.1. The van der Waals surface area contributed by atoms with Gasteiger partial charge in [-0.2, -0.15) is 21.6 Å². The van der Waals surface area contributed by atoms with E-state index in [2.05, 4.69) is 9.44 Å². The summed E-state index contributed by atoms with van der Waals surface area (Å²) in [4.78, 5) is 11.2. The van der Waals surface area contributed by atoms with Gasteiger partial charge in [-0.1, -0.05) is 18.5 Å². The topological polar surface area (TPSA) is 91.3 Å². The molecule has 192 valence electrons. The van der Waals surface area contributed by atoms with Crippen LogP contribution in [0, 0.1) is 0 Å². The quantitative estimate of drug-likeness (QED) is 0.113. The highest BCUT2D eigenvalue weighted by Crippen LogP contribution is 2.23. The van der Waals surface area contributed by atoms with Crippen LogP contribution in [0.2, 0.25) is 0 Å². The summed E-state index contributed by atoms with van der Waals surface area (Å²) in [7, 11) is -3.87. The van der Waals surface area contributed by atoms with Gasteiger partial charge in [-0.15, -0.1) is 0 Å². The third-order valence-electron chi connectivity index (χ3n) is 4.52. The van der Waals surface area contributed by atoms with E-state index in [4.69, 9.17) is 9.47 Å². The van der Waals surface area contributed by atoms with Gasteiger partial charge in [0, 0.05) is 17.5 Å². The number of hydrogen-bond acceptors (Lipinski definition) is 7. The molecule has 0 aliphatic rings. The summed E-state index contributed by atoms with van der Waals surface area (Å²) in [6, 6.07) is 10.8. The summed E-state index contributed by atoms with van der Waals surface area (Å²) in [5.74, 6) is -1.34. The first-order chi connectivity index (χ1) is 16.6. The predicted octanol–water partition coefficient (Wildman–Crippen LogP) is 5.10. The van der Waals surface area contributed by atoms with Crippen LogP contribution in [0.25, 0.3) is 0 Å². The number of halogens is 4. The fourth-order valence-corrected chi connectivity index (χ4v) is 3.58. The molecule has 0 saturated heterocycles. The minimum absolute atomic E-state index is 0.173. The zero-order chi connectivity index (χ0) is 25.9. The van der Waals surface area contributed by atoms with Crippen LogP contribution < -0.4 is 9.47 Å². The van der Waals surface area contributed by atoms with Gasteiger partial charge in [-0.3, -0.25) is 9.08 Å². The largest absolute Gasteiger partial charge is 0.493 e. The summed E-state index contributed by atoms with van der Waals surface area (Å²) in [5.41, 5.74) is -0.309. The average Bonchev–Trinajstić information content (AvgIpc) is 2.83. The van der Waals surface area contributed by atoms with Crippen LogP contribution in [0.15, 0.2) is 53.7 Å². The predicted molar refractivity (Wildman–Crippen MR) is 121 cm³/mol. The van der Waals surface area contributed by atoms with Crippen molar-refractivity contribution in [3.63, 3.8) is 0 Å². The number of carbonyl (C=O) groups is 1. The number of ether oxygens (including phenoxy) is 2. The van der Waals surface area contributed by atoms with Crippen LogP contribution in [-0.4, -0.2) is 51.7 Å². The van der Waals surface area contributed by atoms with Gasteiger partial charge in [0.2, 0.25) is 0 Å². The fraction of sp³-hybridized carbons (Fsp3) is 0.391. The van der Waals surface area contributed by atoms with E-state index in [0.717, 1.165) is 12.1 Å². The molecule has 0 amide bonds. The highest BCUT2D eigenvalue weighted by molar-refractivity contribution is 7.86. The monoisotopic (exact) mass is 519 g/mol. The summed E-state index contributed by atoms with van der Waals surface area (Å²) in [6.07, 6.45) is -3.40. The molecule has 0 aliphatic heterocycles. The van der Waals surface area contributed by atoms with Crippen LogP contribution in [0.1, 0.15) is 42.1 Å². The highest BCUT2D eigenvalue weighted by atomic mass is 32.2. The van der Waals surface area contributed by atoms with E-state index in [-0.39, 0.29) is 24.7 Å². The lowest BCUT2D eigenvalue weighted by Gasteiger charge is -2.10. The van der Waals surface area contributed by atoms with Gasteiger partial charge in [0.05, 0.1) is 19.0 Å². The van der Waals surface area contributed by atoms with E-state index in [1.54, 1.807) is 12.1 Å². The number of nitrogens with zero attached hydrogens (tertiary/aromatic N) is 1. The average molecular weight is 520 g/mol. The lowest BCUT2D eigenvalue weighted by Crippen LogP contribution is -2.22. The van der Waals surface area contributed by atoms with E-state index in [9.17, 15) is 30.8 Å². The number of alkyl halides is 4. The second-order valence-electron chi connectivity index (χ2n) is 7.29. The summed E-state index contributed by atoms with van der Waals surface area (Å²) < 4.78 is 89.4. The van der Waals surface area contributed by atoms with Crippen molar-refractivity contribution < 1.29 is 44.5 Å². The van der Waals surface area contributed by atoms with Crippen LogP contribution in [0.4, 0.5) is 17.6 Å². The van der Waals surface area contributed by atoms with Gasteiger partial charge in [-0.25, -0.2) is 4.39 Å². The maximum absolute atomic E-state index is 13.3. The molecule has 2 rings (SSSR count). The normalized spacial score (nSPS) is 12.3. The molecule has 35 heavy (non-hydrogen) atoms. The van der Waals surface area contributed by atoms with Gasteiger partial charge in [-0.05, 0) is 55.0 Å². The number of benzene rings is 2. The molecule has 0 unspecified atom stereocenters. The Labute approximate surface area is 200 Å². The number of ketones is 1. The first-order valence-corrected chi connectivity index (χ1v) is 12.2. The number of oxime groups is 1. The Hall–Kier alpha value is -3.15. The lowest BCUT2D eigenvalue weighted by molar-refractivity contribution is -0.0885. The van der Waals surface area contributed by atoms with Crippen molar-refractivity contribution in [1.29, 1.82) is 0 Å². The Bertz CT molecular complexity index is 1080. The molecule has 0 saturated carbocycles. The smallest absolute Gasteiger partial charge is 0.454 e. The van der Waals surface area contributed by atoms with Crippen molar-refractivity contribution in [2.75, 3.05) is 25.6 Å². The molecule has 0 heterocycles. The molecule has 0 bridgehead atoms. The molecule has 12 heteroatoms. The van der Waals surface area contributed by atoms with E-state index in [1.807, 2.05) is 6.92 Å². The molecule has 2 aromatic rings. The van der Waals surface area contributed by atoms with Gasteiger partial charge >= 0.3 is 16.3 Å². The number of unbranched alkanes of at least 4 members (excludes halogenated alkanes) is 1. The lowest BCUT2D eigenvalue weighted by atomic mass is 10.1. The number of carbonyl (C=O) groups excluding carboxylic acids is 1. The Morgan fingerprint density at radius 3 is 1.86 bits per heavy atom. The van der Waals surface area contributed by atoms with E-state index >= 15 is 0 Å². The van der Waals surface area contributed by atoms with Crippen LogP contribution in [0.5, 0.6) is 11.5 Å². The van der Waals surface area contributed by atoms with Crippen molar-refractivity contribution in [2.45, 2.75) is 32.4 Å². The summed E-state index contributed by atoms with van der Waals surface area (Å²) >= 11 is 0. The van der Waals surface area contributed by atoms with Crippen molar-refractivity contribution in [1.82, 2.24) is 0 Å². The third kappa shape index (κ3) is 9.55. The molecule has 0 aromatic heterocycles. The highest BCUT2D eigenvalue weighted by Gasteiger charge is 2.39. The van der Waals surface area contributed by atoms with Crippen LogP contribution >= 0.6 is 0 Å². The molecular weight excluding hydrogens is 494 g/mol. The third-order valence-corrected chi connectivity index (χ3v) is 5.61. The molecule has 0 atom stereocenters. The van der Waals surface area contributed by atoms with E-state index in [1.165, 1.54) is 24.3 Å². The maximum atomic E-state index is 13.3. The van der Waals surface area contributed by atoms with Crippen LogP contribution in [0.3, 0.4) is 0 Å². The Kier molecular flexibility index (Phi) is 10.5. The van der Waals surface area contributed by atoms with Crippen LogP contribution in [-0.2, 0) is 14.4 Å². The fourth-order valence-electron chi connectivity index (χ4n) is 2.66. The van der Waals surface area contributed by atoms with Crippen molar-refractivity contribution >= 4 is 21.6 Å². The van der Waals surface area contributed by atoms with E-state index in [0.29, 0.717) is 36.3 Å². The zero-order valence-corrected chi connectivity index (χ0v) is 19.7. The molecule has 0 radical (unpaired) electrons. The Morgan fingerprint density at radius 1 is 0.886 bits per heavy atom. The maximum Gasteiger partial charge on any atom is 0.454 e. The minimum atomic E-state index is -4.93. The zero-order valence-electron chi connectivity index (χ0n) is 18.9. The van der Waals surface area contributed by atoms with Gasteiger partial charge < -0.3 is 9.47 Å². The number of hydrogen-bond donors (Lipinski definition) is 0.